The Morgan fingerprint density at radius 1 is 0.347 bits per heavy atom. The fourth-order valence-electron chi connectivity index (χ4n) is 7.37. The molecule has 49 heavy (non-hydrogen) atoms. The van der Waals surface area contributed by atoms with Crippen molar-refractivity contribution < 1.29 is 0 Å². The van der Waals surface area contributed by atoms with Crippen molar-refractivity contribution in [2.45, 2.75) is 0 Å². The fraction of sp³-hybridized carbons (Fsp3) is 0. The lowest BCUT2D eigenvalue weighted by molar-refractivity contribution is 1.31. The van der Waals surface area contributed by atoms with E-state index in [-0.39, 0.29) is 0 Å². The molecule has 0 radical (unpaired) electrons. The molecule has 0 saturated carbocycles. The van der Waals surface area contributed by atoms with Gasteiger partial charge in [0.2, 0.25) is 0 Å². The predicted molar refractivity (Wildman–Crippen MR) is 209 cm³/mol. The van der Waals surface area contributed by atoms with E-state index < -0.39 is 0 Å². The smallest absolute Gasteiger partial charge is 0.0979 e. The number of thiophene rings is 1. The Labute approximate surface area is 287 Å². The van der Waals surface area contributed by atoms with Crippen LogP contribution in [0.25, 0.3) is 97.4 Å². The lowest BCUT2D eigenvalue weighted by Gasteiger charge is -2.12. The maximum atomic E-state index is 5.17. The van der Waals surface area contributed by atoms with E-state index in [0.29, 0.717) is 0 Å². The summed E-state index contributed by atoms with van der Waals surface area (Å²) in [6.07, 6.45) is 1.91. The third-order valence-corrected chi connectivity index (χ3v) is 11.0. The van der Waals surface area contributed by atoms with Crippen LogP contribution in [0.2, 0.25) is 0 Å². The molecule has 10 aromatic rings. The van der Waals surface area contributed by atoms with Crippen LogP contribution in [0, 0.1) is 0 Å². The van der Waals surface area contributed by atoms with Crippen LogP contribution in [-0.4, -0.2) is 9.97 Å². The molecule has 0 unspecified atom stereocenters. The maximum absolute atomic E-state index is 5.17. The molecular weight excluding hydrogens is 613 g/mol. The molecule has 8 aromatic carbocycles. The summed E-state index contributed by atoms with van der Waals surface area (Å²) in [6, 6.07) is 58.8. The summed E-state index contributed by atoms with van der Waals surface area (Å²) in [4.78, 5) is 10.1. The van der Waals surface area contributed by atoms with Crippen LogP contribution in [0.15, 0.2) is 170 Å². The molecule has 10 rings (SSSR count). The van der Waals surface area contributed by atoms with Crippen LogP contribution in [0.3, 0.4) is 0 Å². The van der Waals surface area contributed by atoms with Crippen LogP contribution >= 0.6 is 11.3 Å². The molecule has 0 spiro atoms. The third-order valence-electron chi connectivity index (χ3n) is 9.76. The molecular formula is C46H28N2S. The lowest BCUT2D eigenvalue weighted by Crippen LogP contribution is -1.92. The van der Waals surface area contributed by atoms with E-state index in [4.69, 9.17) is 9.97 Å². The Hall–Kier alpha value is -6.16. The molecule has 0 saturated heterocycles. The molecule has 0 aliphatic heterocycles. The highest BCUT2D eigenvalue weighted by molar-refractivity contribution is 7.26. The van der Waals surface area contributed by atoms with Gasteiger partial charge in [0.15, 0.2) is 0 Å². The van der Waals surface area contributed by atoms with E-state index in [9.17, 15) is 0 Å². The van der Waals surface area contributed by atoms with E-state index >= 15 is 0 Å². The van der Waals surface area contributed by atoms with Crippen molar-refractivity contribution in [1.29, 1.82) is 0 Å². The van der Waals surface area contributed by atoms with E-state index in [0.717, 1.165) is 33.1 Å². The van der Waals surface area contributed by atoms with Gasteiger partial charge in [0, 0.05) is 42.1 Å². The average Bonchev–Trinajstić information content (AvgIpc) is 3.57. The quantitative estimate of drug-likeness (QED) is 0.179. The monoisotopic (exact) mass is 640 g/mol. The van der Waals surface area contributed by atoms with Crippen molar-refractivity contribution in [2.24, 2.45) is 0 Å². The average molecular weight is 641 g/mol. The van der Waals surface area contributed by atoms with Crippen molar-refractivity contribution in [3.05, 3.63) is 170 Å². The van der Waals surface area contributed by atoms with E-state index in [1.165, 1.54) is 64.3 Å². The molecule has 2 nitrogen and oxygen atoms in total. The SMILES string of the molecule is c1ccc(-c2cccc3c2sc2ccccc23)c(-c2ccc(-c3ccc(-c4cnc5c6ccccc6c6ccccc6c5n4)cc3)cc2)c1. The van der Waals surface area contributed by atoms with Crippen molar-refractivity contribution in [2.75, 3.05) is 0 Å². The second-order valence-corrected chi connectivity index (χ2v) is 13.6. The van der Waals surface area contributed by atoms with Crippen molar-refractivity contribution in [3.8, 4) is 44.6 Å². The lowest BCUT2D eigenvalue weighted by atomic mass is 9.92. The van der Waals surface area contributed by atoms with Gasteiger partial charge < -0.3 is 0 Å². The molecule has 0 amide bonds. The highest BCUT2D eigenvalue weighted by atomic mass is 32.1. The number of hydrogen-bond acceptors (Lipinski definition) is 3. The standard InChI is InChI=1S/C46H28N2S/c1-2-11-34(40-17-9-18-41-37-14-7-8-19-43(37)49-46(40)41)33(10-1)31-24-20-29(21-25-31)30-22-26-32(27-23-30)42-28-47-44-38-15-5-3-12-35(38)36-13-4-6-16-39(36)45(44)48-42/h1-28H. The Morgan fingerprint density at radius 3 is 1.57 bits per heavy atom. The summed E-state index contributed by atoms with van der Waals surface area (Å²) in [5, 5.41) is 7.32. The zero-order valence-corrected chi connectivity index (χ0v) is 27.3. The maximum Gasteiger partial charge on any atom is 0.0979 e. The minimum atomic E-state index is 0.875. The summed E-state index contributed by atoms with van der Waals surface area (Å²) >= 11 is 1.88. The Kier molecular flexibility index (Phi) is 6.39. The number of rotatable bonds is 4. The van der Waals surface area contributed by atoms with Gasteiger partial charge in [0.25, 0.3) is 0 Å². The van der Waals surface area contributed by atoms with Gasteiger partial charge in [0.1, 0.15) is 0 Å². The summed E-state index contributed by atoms with van der Waals surface area (Å²) in [7, 11) is 0. The first kappa shape index (κ1) is 27.9. The molecule has 3 heteroatoms. The second kappa shape index (κ2) is 11.2. The molecule has 0 aliphatic rings. The van der Waals surface area contributed by atoms with Gasteiger partial charge in [-0.2, -0.15) is 0 Å². The zero-order valence-electron chi connectivity index (χ0n) is 26.5. The minimum absolute atomic E-state index is 0.875. The molecule has 0 bridgehead atoms. The Morgan fingerprint density at radius 2 is 0.857 bits per heavy atom. The van der Waals surface area contributed by atoms with Crippen molar-refractivity contribution >= 4 is 64.1 Å². The highest BCUT2D eigenvalue weighted by Gasteiger charge is 2.15. The van der Waals surface area contributed by atoms with Crippen molar-refractivity contribution in [1.82, 2.24) is 9.97 Å². The number of aromatic nitrogens is 2. The van der Waals surface area contributed by atoms with Gasteiger partial charge in [-0.15, -0.1) is 11.3 Å². The van der Waals surface area contributed by atoms with Gasteiger partial charge in [0.05, 0.1) is 22.9 Å². The van der Waals surface area contributed by atoms with Gasteiger partial charge in [-0.1, -0.05) is 158 Å². The molecule has 0 aliphatic carbocycles. The summed E-state index contributed by atoms with van der Waals surface area (Å²) in [6.45, 7) is 0. The molecule has 2 aromatic heterocycles. The molecule has 0 fully saturated rings. The second-order valence-electron chi connectivity index (χ2n) is 12.5. The Bertz CT molecular complexity index is 2830. The molecule has 2 heterocycles. The predicted octanol–water partition coefficient (Wildman–Crippen LogP) is 13.0. The number of nitrogens with zero attached hydrogens (tertiary/aromatic N) is 2. The van der Waals surface area contributed by atoms with Crippen LogP contribution in [-0.2, 0) is 0 Å². The fourth-order valence-corrected chi connectivity index (χ4v) is 8.60. The highest BCUT2D eigenvalue weighted by Crippen LogP contribution is 2.43. The van der Waals surface area contributed by atoms with Crippen LogP contribution < -0.4 is 0 Å². The van der Waals surface area contributed by atoms with Crippen molar-refractivity contribution in [3.63, 3.8) is 0 Å². The van der Waals surface area contributed by atoms with Crippen LogP contribution in [0.1, 0.15) is 0 Å². The first-order valence-corrected chi connectivity index (χ1v) is 17.4. The van der Waals surface area contributed by atoms with Gasteiger partial charge in [-0.05, 0) is 44.7 Å². The number of fused-ring (bicyclic) bond motifs is 9. The minimum Gasteiger partial charge on any atom is -0.252 e. The van der Waals surface area contributed by atoms with Crippen LogP contribution in [0.5, 0.6) is 0 Å². The van der Waals surface area contributed by atoms with Gasteiger partial charge >= 0.3 is 0 Å². The summed E-state index contributed by atoms with van der Waals surface area (Å²) < 4.78 is 2.66. The summed E-state index contributed by atoms with van der Waals surface area (Å²) in [5.74, 6) is 0. The normalized spacial score (nSPS) is 11.7. The van der Waals surface area contributed by atoms with E-state index in [1.807, 2.05) is 17.5 Å². The molecule has 0 N–H and O–H groups in total. The van der Waals surface area contributed by atoms with E-state index in [1.54, 1.807) is 0 Å². The number of hydrogen-bond donors (Lipinski definition) is 0. The first-order valence-electron chi connectivity index (χ1n) is 16.6. The van der Waals surface area contributed by atoms with E-state index in [2.05, 4.69) is 164 Å². The number of benzene rings is 8. The molecule has 0 atom stereocenters. The summed E-state index contributed by atoms with van der Waals surface area (Å²) in [5.41, 5.74) is 11.2. The first-order chi connectivity index (χ1) is 24.3. The largest absolute Gasteiger partial charge is 0.252 e. The topological polar surface area (TPSA) is 25.8 Å². The molecule has 228 valence electrons. The zero-order chi connectivity index (χ0) is 32.3. The van der Waals surface area contributed by atoms with Gasteiger partial charge in [-0.25, -0.2) is 4.98 Å². The van der Waals surface area contributed by atoms with Gasteiger partial charge in [-0.3, -0.25) is 4.98 Å². The van der Waals surface area contributed by atoms with Crippen LogP contribution in [0.4, 0.5) is 0 Å². The Balaban J connectivity index is 0.989. The third kappa shape index (κ3) is 4.55.